The van der Waals surface area contributed by atoms with Crippen LogP contribution in [-0.2, 0) is 0 Å². The fraction of sp³-hybridized carbons (Fsp3) is 0.462. The van der Waals surface area contributed by atoms with Crippen molar-refractivity contribution in [1.29, 1.82) is 0 Å². The normalized spacial score (nSPS) is 20.4. The molecule has 1 aliphatic rings. The SMILES string of the molecule is C=CCN1CCC[C@@H](n2nc(Br)c3c(N)ncnc32)C1. The standard InChI is InChI=1S/C13H17BrN6/c1-2-5-19-6-3-4-9(7-19)20-13-10(11(14)18-20)12(15)16-8-17-13/h2,8-9H,1,3-7H2,(H2,15,16,17)/t9-/m1/s1. The molecule has 0 radical (unpaired) electrons. The summed E-state index contributed by atoms with van der Waals surface area (Å²) >= 11 is 3.46. The number of hydrogen-bond donors (Lipinski definition) is 1. The maximum absolute atomic E-state index is 5.92. The number of anilines is 1. The van der Waals surface area contributed by atoms with Crippen molar-refractivity contribution in [2.75, 3.05) is 25.4 Å². The van der Waals surface area contributed by atoms with Crippen molar-refractivity contribution in [3.63, 3.8) is 0 Å². The van der Waals surface area contributed by atoms with E-state index in [-0.39, 0.29) is 0 Å². The second-order valence-electron chi connectivity index (χ2n) is 5.04. The van der Waals surface area contributed by atoms with Crippen molar-refractivity contribution in [2.45, 2.75) is 18.9 Å². The van der Waals surface area contributed by atoms with E-state index >= 15 is 0 Å². The summed E-state index contributed by atoms with van der Waals surface area (Å²) in [6.45, 7) is 6.79. The van der Waals surface area contributed by atoms with Crippen molar-refractivity contribution in [3.8, 4) is 0 Å². The van der Waals surface area contributed by atoms with E-state index in [9.17, 15) is 0 Å². The molecule has 1 fully saturated rings. The van der Waals surface area contributed by atoms with Gasteiger partial charge in [-0.1, -0.05) is 6.08 Å². The van der Waals surface area contributed by atoms with Crippen LogP contribution in [-0.4, -0.2) is 44.3 Å². The Morgan fingerprint density at radius 3 is 3.15 bits per heavy atom. The predicted molar refractivity (Wildman–Crippen MR) is 82.3 cm³/mol. The van der Waals surface area contributed by atoms with Gasteiger partial charge in [0.25, 0.3) is 0 Å². The largest absolute Gasteiger partial charge is 0.383 e. The van der Waals surface area contributed by atoms with Crippen LogP contribution < -0.4 is 5.73 Å². The van der Waals surface area contributed by atoms with Crippen LogP contribution in [0.3, 0.4) is 0 Å². The Hall–Kier alpha value is -1.47. The molecule has 0 unspecified atom stereocenters. The minimum atomic E-state index is 0.312. The van der Waals surface area contributed by atoms with Crippen LogP contribution in [0, 0.1) is 0 Å². The second kappa shape index (κ2) is 5.49. The quantitative estimate of drug-likeness (QED) is 0.867. The topological polar surface area (TPSA) is 72.9 Å². The second-order valence-corrected chi connectivity index (χ2v) is 5.79. The molecular formula is C13H17BrN6. The fourth-order valence-electron chi connectivity index (χ4n) is 2.79. The first-order valence-electron chi connectivity index (χ1n) is 6.68. The third-order valence-corrected chi connectivity index (χ3v) is 4.24. The molecule has 106 valence electrons. The van der Waals surface area contributed by atoms with Gasteiger partial charge in [0.2, 0.25) is 0 Å². The molecule has 0 aromatic carbocycles. The zero-order valence-electron chi connectivity index (χ0n) is 11.2. The van der Waals surface area contributed by atoms with Crippen molar-refractivity contribution in [1.82, 2.24) is 24.6 Å². The molecular weight excluding hydrogens is 320 g/mol. The Balaban J connectivity index is 1.98. The van der Waals surface area contributed by atoms with Gasteiger partial charge in [-0.15, -0.1) is 6.58 Å². The van der Waals surface area contributed by atoms with E-state index in [1.54, 1.807) is 0 Å². The number of fused-ring (bicyclic) bond motifs is 1. The summed E-state index contributed by atoms with van der Waals surface area (Å²) in [5.74, 6) is 0.465. The first kappa shape index (κ1) is 13.5. The van der Waals surface area contributed by atoms with Gasteiger partial charge < -0.3 is 5.73 Å². The summed E-state index contributed by atoms with van der Waals surface area (Å²) in [7, 11) is 0. The summed E-state index contributed by atoms with van der Waals surface area (Å²) in [6.07, 6.45) is 5.69. The first-order chi connectivity index (χ1) is 9.70. The summed E-state index contributed by atoms with van der Waals surface area (Å²) in [5, 5.41) is 5.37. The number of halogens is 1. The number of aromatic nitrogens is 4. The first-order valence-corrected chi connectivity index (χ1v) is 7.47. The number of hydrogen-bond acceptors (Lipinski definition) is 5. The van der Waals surface area contributed by atoms with Gasteiger partial charge in [0.1, 0.15) is 16.7 Å². The molecule has 3 heterocycles. The van der Waals surface area contributed by atoms with Crippen LogP contribution in [0.25, 0.3) is 11.0 Å². The van der Waals surface area contributed by atoms with Gasteiger partial charge in [0.05, 0.1) is 11.4 Å². The van der Waals surface area contributed by atoms with E-state index in [4.69, 9.17) is 5.73 Å². The van der Waals surface area contributed by atoms with Gasteiger partial charge in [0.15, 0.2) is 5.65 Å². The fourth-order valence-corrected chi connectivity index (χ4v) is 3.34. The van der Waals surface area contributed by atoms with Gasteiger partial charge in [-0.3, -0.25) is 4.90 Å². The Labute approximate surface area is 125 Å². The average molecular weight is 337 g/mol. The summed E-state index contributed by atoms with van der Waals surface area (Å²) < 4.78 is 2.69. The highest BCUT2D eigenvalue weighted by atomic mass is 79.9. The zero-order valence-corrected chi connectivity index (χ0v) is 12.8. The molecule has 2 N–H and O–H groups in total. The summed E-state index contributed by atoms with van der Waals surface area (Å²) in [4.78, 5) is 10.8. The minimum Gasteiger partial charge on any atom is -0.383 e. The third-order valence-electron chi connectivity index (χ3n) is 3.69. The van der Waals surface area contributed by atoms with Crippen LogP contribution in [0.4, 0.5) is 5.82 Å². The highest BCUT2D eigenvalue weighted by Crippen LogP contribution is 2.30. The van der Waals surface area contributed by atoms with Crippen molar-refractivity contribution < 1.29 is 0 Å². The molecule has 2 aromatic rings. The molecule has 1 aliphatic heterocycles. The zero-order chi connectivity index (χ0) is 14.1. The molecule has 20 heavy (non-hydrogen) atoms. The predicted octanol–water partition coefficient (Wildman–Crippen LogP) is 1.99. The molecule has 2 aromatic heterocycles. The van der Waals surface area contributed by atoms with E-state index in [0.29, 0.717) is 16.5 Å². The van der Waals surface area contributed by atoms with E-state index in [1.165, 1.54) is 6.33 Å². The van der Waals surface area contributed by atoms with E-state index in [0.717, 1.165) is 43.5 Å². The highest BCUT2D eigenvalue weighted by Gasteiger charge is 2.25. The van der Waals surface area contributed by atoms with Gasteiger partial charge in [-0.05, 0) is 35.3 Å². The molecule has 1 atom stereocenters. The molecule has 0 spiro atoms. The van der Waals surface area contributed by atoms with Crippen LogP contribution in [0.2, 0.25) is 0 Å². The molecule has 0 amide bonds. The number of nitrogens with two attached hydrogens (primary N) is 1. The third kappa shape index (κ3) is 2.31. The van der Waals surface area contributed by atoms with Gasteiger partial charge in [0, 0.05) is 13.1 Å². The Bertz CT molecular complexity index is 637. The van der Waals surface area contributed by atoms with Crippen LogP contribution in [0.5, 0.6) is 0 Å². The molecule has 3 rings (SSSR count). The maximum atomic E-state index is 5.92. The number of likely N-dealkylation sites (tertiary alicyclic amines) is 1. The van der Waals surface area contributed by atoms with Crippen LogP contribution in [0.1, 0.15) is 18.9 Å². The average Bonchev–Trinajstić information content (AvgIpc) is 2.78. The van der Waals surface area contributed by atoms with E-state index < -0.39 is 0 Å². The van der Waals surface area contributed by atoms with Gasteiger partial charge in [-0.25, -0.2) is 14.6 Å². The Morgan fingerprint density at radius 1 is 1.50 bits per heavy atom. The van der Waals surface area contributed by atoms with Crippen LogP contribution >= 0.6 is 15.9 Å². The number of piperidine rings is 1. The summed E-state index contributed by atoms with van der Waals surface area (Å²) in [5.41, 5.74) is 6.72. The van der Waals surface area contributed by atoms with E-state index in [2.05, 4.69) is 42.5 Å². The summed E-state index contributed by atoms with van der Waals surface area (Å²) in [6, 6.07) is 0.312. The molecule has 7 heteroatoms. The lowest BCUT2D eigenvalue weighted by atomic mass is 10.1. The van der Waals surface area contributed by atoms with Gasteiger partial charge >= 0.3 is 0 Å². The monoisotopic (exact) mass is 336 g/mol. The van der Waals surface area contributed by atoms with Crippen molar-refractivity contribution in [3.05, 3.63) is 23.6 Å². The van der Waals surface area contributed by atoms with Crippen molar-refractivity contribution >= 4 is 32.8 Å². The minimum absolute atomic E-state index is 0.312. The highest BCUT2D eigenvalue weighted by molar-refractivity contribution is 9.10. The molecule has 0 bridgehead atoms. The molecule has 0 aliphatic carbocycles. The lowest BCUT2D eigenvalue weighted by Crippen LogP contribution is -2.37. The lowest BCUT2D eigenvalue weighted by Gasteiger charge is -2.32. The Kier molecular flexibility index (Phi) is 3.71. The molecule has 1 saturated heterocycles. The molecule has 6 nitrogen and oxygen atoms in total. The Morgan fingerprint density at radius 2 is 2.35 bits per heavy atom. The molecule has 0 saturated carbocycles. The maximum Gasteiger partial charge on any atom is 0.164 e. The number of nitrogen functional groups attached to an aromatic ring is 1. The van der Waals surface area contributed by atoms with E-state index in [1.807, 2.05) is 10.8 Å². The van der Waals surface area contributed by atoms with Crippen molar-refractivity contribution in [2.24, 2.45) is 0 Å². The lowest BCUT2D eigenvalue weighted by molar-refractivity contribution is 0.187. The van der Waals surface area contributed by atoms with Gasteiger partial charge in [-0.2, -0.15) is 5.10 Å². The van der Waals surface area contributed by atoms with Crippen LogP contribution in [0.15, 0.2) is 23.6 Å². The number of nitrogens with zero attached hydrogens (tertiary/aromatic N) is 5. The smallest absolute Gasteiger partial charge is 0.164 e. The number of rotatable bonds is 3.